The molecule has 0 radical (unpaired) electrons. The minimum Gasteiger partial charge on any atom is -0.369 e. The van der Waals surface area contributed by atoms with Crippen molar-refractivity contribution in [3.63, 3.8) is 0 Å². The topological polar surface area (TPSA) is 73.4 Å². The molecule has 1 unspecified atom stereocenters. The van der Waals surface area contributed by atoms with Crippen LogP contribution >= 0.6 is 0 Å². The molecule has 0 spiro atoms. The van der Waals surface area contributed by atoms with E-state index in [9.17, 15) is 10.1 Å². The van der Waals surface area contributed by atoms with Crippen LogP contribution in [0.5, 0.6) is 0 Å². The van der Waals surface area contributed by atoms with Gasteiger partial charge >= 0.3 is 0 Å². The molecule has 1 amide bonds. The minimum atomic E-state index is -0.410. The highest BCUT2D eigenvalue weighted by Crippen LogP contribution is 2.25. The first-order chi connectivity index (χ1) is 12.2. The largest absolute Gasteiger partial charge is 0.369 e. The third-order valence-corrected chi connectivity index (χ3v) is 4.65. The number of nitriles is 1. The lowest BCUT2D eigenvalue weighted by molar-refractivity contribution is -0.123. The van der Waals surface area contributed by atoms with Gasteiger partial charge in [0.05, 0.1) is 11.3 Å². The summed E-state index contributed by atoms with van der Waals surface area (Å²) < 4.78 is 0. The monoisotopic (exact) mass is 334 g/mol. The number of carbonyl (C=O) groups excluding carboxylic acids is 1. The van der Waals surface area contributed by atoms with Gasteiger partial charge in [-0.3, -0.25) is 9.69 Å². The molecule has 1 aliphatic rings. The summed E-state index contributed by atoms with van der Waals surface area (Å²) in [5.41, 5.74) is 8.28. The first kappa shape index (κ1) is 17.0. The lowest BCUT2D eigenvalue weighted by Gasteiger charge is -2.29. The molecule has 1 fully saturated rings. The molecule has 0 aliphatic carbocycles. The number of nitrogens with zero attached hydrogens (tertiary/aromatic N) is 3. The zero-order chi connectivity index (χ0) is 17.6. The highest BCUT2D eigenvalue weighted by molar-refractivity contribution is 5.81. The van der Waals surface area contributed by atoms with Gasteiger partial charge in [0.15, 0.2) is 0 Å². The Morgan fingerprint density at radius 2 is 1.72 bits per heavy atom. The number of nitrogens with two attached hydrogens (primary N) is 1. The molecule has 5 nitrogen and oxygen atoms in total. The number of hydrogen-bond acceptors (Lipinski definition) is 4. The number of para-hydroxylation sites is 1. The van der Waals surface area contributed by atoms with E-state index in [1.54, 1.807) is 0 Å². The summed E-state index contributed by atoms with van der Waals surface area (Å²) in [6.45, 7) is 3.14. The number of anilines is 1. The van der Waals surface area contributed by atoms with Crippen LogP contribution in [0.25, 0.3) is 0 Å². The molecular formula is C20H22N4O. The summed E-state index contributed by atoms with van der Waals surface area (Å²) in [5.74, 6) is -0.322. The number of hydrogen-bond donors (Lipinski definition) is 1. The van der Waals surface area contributed by atoms with Crippen molar-refractivity contribution in [3.8, 4) is 6.07 Å². The van der Waals surface area contributed by atoms with Gasteiger partial charge in [0.1, 0.15) is 12.1 Å². The van der Waals surface area contributed by atoms with E-state index in [1.165, 1.54) is 0 Å². The maximum absolute atomic E-state index is 12.1. The van der Waals surface area contributed by atoms with Crippen LogP contribution in [-0.4, -0.2) is 37.0 Å². The highest BCUT2D eigenvalue weighted by Gasteiger charge is 2.27. The van der Waals surface area contributed by atoms with E-state index in [0.29, 0.717) is 5.56 Å². The quantitative estimate of drug-likeness (QED) is 0.931. The van der Waals surface area contributed by atoms with Crippen LogP contribution in [0.2, 0.25) is 0 Å². The molecule has 128 valence electrons. The Labute approximate surface area is 148 Å². The van der Waals surface area contributed by atoms with Gasteiger partial charge < -0.3 is 10.6 Å². The lowest BCUT2D eigenvalue weighted by Crippen LogP contribution is -2.40. The van der Waals surface area contributed by atoms with Crippen LogP contribution < -0.4 is 10.6 Å². The summed E-state index contributed by atoms with van der Waals surface area (Å²) in [5, 5.41) is 9.33. The zero-order valence-electron chi connectivity index (χ0n) is 14.1. The molecule has 2 aromatic carbocycles. The second kappa shape index (κ2) is 7.82. The molecule has 0 aromatic heterocycles. The number of amides is 1. The standard InChI is InChI=1S/C20H22N4O/c21-15-17-9-4-5-10-18(17)23-11-6-12-24(14-13-23)19(20(22)25)16-7-2-1-3-8-16/h1-5,7-10,19H,6,11-14H2,(H2,22,25). The fraction of sp³-hybridized carbons (Fsp3) is 0.300. The minimum absolute atomic E-state index is 0.322. The van der Waals surface area contributed by atoms with E-state index >= 15 is 0 Å². The Balaban J connectivity index is 1.79. The summed E-state index contributed by atoms with van der Waals surface area (Å²) in [7, 11) is 0. The molecule has 2 aromatic rings. The third-order valence-electron chi connectivity index (χ3n) is 4.65. The Hall–Kier alpha value is -2.84. The zero-order valence-corrected chi connectivity index (χ0v) is 14.1. The van der Waals surface area contributed by atoms with Gasteiger partial charge in [0.2, 0.25) is 5.91 Å². The van der Waals surface area contributed by atoms with Crippen molar-refractivity contribution in [2.75, 3.05) is 31.1 Å². The predicted octanol–water partition coefficient (Wildman–Crippen LogP) is 2.30. The fourth-order valence-electron chi connectivity index (χ4n) is 3.47. The van der Waals surface area contributed by atoms with Crippen molar-refractivity contribution in [1.29, 1.82) is 5.26 Å². The number of rotatable bonds is 4. The molecular weight excluding hydrogens is 312 g/mol. The van der Waals surface area contributed by atoms with E-state index in [2.05, 4.69) is 15.9 Å². The first-order valence-corrected chi connectivity index (χ1v) is 8.53. The van der Waals surface area contributed by atoms with Crippen LogP contribution in [-0.2, 0) is 4.79 Å². The van der Waals surface area contributed by atoms with Gasteiger partial charge in [-0.2, -0.15) is 5.26 Å². The first-order valence-electron chi connectivity index (χ1n) is 8.53. The van der Waals surface area contributed by atoms with Crippen LogP contribution in [0.15, 0.2) is 54.6 Å². The van der Waals surface area contributed by atoms with Gasteiger partial charge in [-0.1, -0.05) is 42.5 Å². The van der Waals surface area contributed by atoms with Crippen LogP contribution in [0.4, 0.5) is 5.69 Å². The molecule has 3 rings (SSSR count). The smallest absolute Gasteiger partial charge is 0.239 e. The second-order valence-electron chi connectivity index (χ2n) is 6.22. The van der Waals surface area contributed by atoms with Gasteiger partial charge in [0.25, 0.3) is 0 Å². The van der Waals surface area contributed by atoms with Crippen LogP contribution in [0.3, 0.4) is 0 Å². The average molecular weight is 334 g/mol. The van der Waals surface area contributed by atoms with Crippen molar-refractivity contribution in [3.05, 3.63) is 65.7 Å². The highest BCUT2D eigenvalue weighted by atomic mass is 16.1. The molecule has 25 heavy (non-hydrogen) atoms. The molecule has 2 N–H and O–H groups in total. The molecule has 0 bridgehead atoms. The Morgan fingerprint density at radius 3 is 2.44 bits per heavy atom. The van der Waals surface area contributed by atoms with Crippen molar-refractivity contribution >= 4 is 11.6 Å². The average Bonchev–Trinajstić information content (AvgIpc) is 2.88. The number of primary amides is 1. The summed E-state index contributed by atoms with van der Waals surface area (Å²) in [6.07, 6.45) is 0.913. The van der Waals surface area contributed by atoms with Crippen LogP contribution in [0, 0.1) is 11.3 Å². The SMILES string of the molecule is N#Cc1ccccc1N1CCCN(C(C(N)=O)c2ccccc2)CC1. The van der Waals surface area contributed by atoms with Gasteiger partial charge in [-0.25, -0.2) is 0 Å². The summed E-state index contributed by atoms with van der Waals surface area (Å²) in [6, 6.07) is 19.2. The summed E-state index contributed by atoms with van der Waals surface area (Å²) >= 11 is 0. The van der Waals surface area contributed by atoms with E-state index in [0.717, 1.165) is 43.9 Å². The maximum Gasteiger partial charge on any atom is 0.239 e. The predicted molar refractivity (Wildman–Crippen MR) is 97.9 cm³/mol. The van der Waals surface area contributed by atoms with Gasteiger partial charge in [-0.05, 0) is 24.1 Å². The molecule has 1 saturated heterocycles. The van der Waals surface area contributed by atoms with Crippen LogP contribution in [0.1, 0.15) is 23.6 Å². The van der Waals surface area contributed by atoms with Crippen molar-refractivity contribution in [1.82, 2.24) is 4.90 Å². The van der Waals surface area contributed by atoms with Crippen molar-refractivity contribution in [2.45, 2.75) is 12.5 Å². The number of carbonyl (C=O) groups is 1. The fourth-order valence-corrected chi connectivity index (χ4v) is 3.47. The van der Waals surface area contributed by atoms with E-state index in [4.69, 9.17) is 5.73 Å². The van der Waals surface area contributed by atoms with Crippen molar-refractivity contribution in [2.24, 2.45) is 5.73 Å². The Morgan fingerprint density at radius 1 is 1.00 bits per heavy atom. The maximum atomic E-state index is 12.1. The molecule has 0 saturated carbocycles. The molecule has 1 heterocycles. The van der Waals surface area contributed by atoms with Gasteiger partial charge in [-0.15, -0.1) is 0 Å². The van der Waals surface area contributed by atoms with E-state index in [-0.39, 0.29) is 5.91 Å². The normalized spacial score (nSPS) is 16.7. The third kappa shape index (κ3) is 3.81. The molecule has 1 aliphatic heterocycles. The second-order valence-corrected chi connectivity index (χ2v) is 6.22. The summed E-state index contributed by atoms with van der Waals surface area (Å²) in [4.78, 5) is 16.5. The van der Waals surface area contributed by atoms with E-state index < -0.39 is 6.04 Å². The van der Waals surface area contributed by atoms with Crippen molar-refractivity contribution < 1.29 is 4.79 Å². The Bertz CT molecular complexity index is 769. The van der Waals surface area contributed by atoms with E-state index in [1.807, 2.05) is 54.6 Å². The lowest BCUT2D eigenvalue weighted by atomic mass is 10.0. The molecule has 1 atom stereocenters. The van der Waals surface area contributed by atoms with Gasteiger partial charge in [0, 0.05) is 26.2 Å². The Kier molecular flexibility index (Phi) is 5.32. The molecule has 5 heteroatoms. The number of benzene rings is 2.